The Morgan fingerprint density at radius 3 is 2.58 bits per heavy atom. The molecule has 0 unspecified atom stereocenters. The van der Waals surface area contributed by atoms with Crippen molar-refractivity contribution in [1.82, 2.24) is 10.2 Å². The minimum Gasteiger partial charge on any atom is -0.352 e. The van der Waals surface area contributed by atoms with E-state index >= 15 is 0 Å². The van der Waals surface area contributed by atoms with Crippen molar-refractivity contribution in [3.63, 3.8) is 0 Å². The van der Waals surface area contributed by atoms with Gasteiger partial charge < -0.3 is 10.2 Å². The van der Waals surface area contributed by atoms with E-state index in [1.165, 1.54) is 25.9 Å². The number of halogens is 1. The smallest absolute Gasteiger partial charge is 0.251 e. The fourth-order valence-electron chi connectivity index (χ4n) is 2.44. The molecule has 1 amide bonds. The molecule has 3 nitrogen and oxygen atoms in total. The normalized spacial score (nSPS) is 17.4. The third-order valence-corrected chi connectivity index (χ3v) is 4.50. The number of hydrogen-bond acceptors (Lipinski definition) is 2. The van der Waals surface area contributed by atoms with Crippen molar-refractivity contribution in [2.24, 2.45) is 5.92 Å². The predicted octanol–water partition coefficient (Wildman–Crippen LogP) is 2.75. The van der Waals surface area contributed by atoms with Gasteiger partial charge in [-0.25, -0.2) is 0 Å². The summed E-state index contributed by atoms with van der Waals surface area (Å²) < 4.78 is 1.15. The Kier molecular flexibility index (Phi) is 5.63. The first-order valence-electron chi connectivity index (χ1n) is 6.87. The SMILES string of the molecule is CN1CCC(CCNC(=O)c2ccc(I)cc2)CC1. The van der Waals surface area contributed by atoms with Crippen molar-refractivity contribution >= 4 is 28.5 Å². The molecule has 19 heavy (non-hydrogen) atoms. The molecule has 1 aliphatic rings. The average molecular weight is 372 g/mol. The van der Waals surface area contributed by atoms with E-state index in [1.807, 2.05) is 24.3 Å². The maximum absolute atomic E-state index is 11.9. The lowest BCUT2D eigenvalue weighted by Crippen LogP contribution is -2.32. The van der Waals surface area contributed by atoms with Crippen molar-refractivity contribution in [2.45, 2.75) is 19.3 Å². The Hall–Kier alpha value is -0.620. The first-order valence-corrected chi connectivity index (χ1v) is 7.95. The van der Waals surface area contributed by atoms with E-state index in [-0.39, 0.29) is 5.91 Å². The molecule has 1 aliphatic heterocycles. The highest BCUT2D eigenvalue weighted by atomic mass is 127. The highest BCUT2D eigenvalue weighted by molar-refractivity contribution is 14.1. The van der Waals surface area contributed by atoms with Gasteiger partial charge in [-0.05, 0) is 92.2 Å². The lowest BCUT2D eigenvalue weighted by Gasteiger charge is -2.28. The first-order chi connectivity index (χ1) is 9.15. The van der Waals surface area contributed by atoms with Crippen LogP contribution in [0.5, 0.6) is 0 Å². The van der Waals surface area contributed by atoms with Gasteiger partial charge in [-0.2, -0.15) is 0 Å². The Morgan fingerprint density at radius 2 is 1.95 bits per heavy atom. The van der Waals surface area contributed by atoms with Crippen molar-refractivity contribution in [2.75, 3.05) is 26.7 Å². The molecule has 0 aromatic heterocycles. The molecule has 1 heterocycles. The molecule has 0 radical (unpaired) electrons. The minimum atomic E-state index is 0.0457. The van der Waals surface area contributed by atoms with Gasteiger partial charge in [-0.3, -0.25) is 4.79 Å². The molecule has 1 aromatic carbocycles. The van der Waals surface area contributed by atoms with Crippen molar-refractivity contribution < 1.29 is 4.79 Å². The van der Waals surface area contributed by atoms with Gasteiger partial charge in [0.1, 0.15) is 0 Å². The van der Waals surface area contributed by atoms with Crippen LogP contribution < -0.4 is 5.32 Å². The third-order valence-electron chi connectivity index (χ3n) is 3.78. The van der Waals surface area contributed by atoms with Gasteiger partial charge in [-0.15, -0.1) is 0 Å². The fourth-order valence-corrected chi connectivity index (χ4v) is 2.80. The number of nitrogens with one attached hydrogen (secondary N) is 1. The van der Waals surface area contributed by atoms with Gasteiger partial charge >= 0.3 is 0 Å². The van der Waals surface area contributed by atoms with E-state index in [0.29, 0.717) is 0 Å². The maximum Gasteiger partial charge on any atom is 0.251 e. The van der Waals surface area contributed by atoms with E-state index in [1.54, 1.807) is 0 Å². The summed E-state index contributed by atoms with van der Waals surface area (Å²) >= 11 is 2.24. The zero-order chi connectivity index (χ0) is 13.7. The third kappa shape index (κ3) is 4.76. The summed E-state index contributed by atoms with van der Waals surface area (Å²) in [5.74, 6) is 0.817. The van der Waals surface area contributed by atoms with Crippen LogP contribution in [0.2, 0.25) is 0 Å². The van der Waals surface area contributed by atoms with Crippen LogP contribution >= 0.6 is 22.6 Å². The standard InChI is InChI=1S/C15H21IN2O/c1-18-10-7-12(8-11-18)6-9-17-15(19)13-2-4-14(16)5-3-13/h2-5,12H,6-11H2,1H3,(H,17,19). The molecule has 0 spiro atoms. The van der Waals surface area contributed by atoms with Gasteiger partial charge in [0.2, 0.25) is 0 Å². The first kappa shape index (κ1) is 14.8. The molecule has 1 saturated heterocycles. The summed E-state index contributed by atoms with van der Waals surface area (Å²) in [6, 6.07) is 7.69. The van der Waals surface area contributed by atoms with Gasteiger partial charge in [-0.1, -0.05) is 0 Å². The number of piperidine rings is 1. The molecule has 0 bridgehead atoms. The number of carbonyl (C=O) groups excluding carboxylic acids is 1. The predicted molar refractivity (Wildman–Crippen MR) is 86.3 cm³/mol. The van der Waals surface area contributed by atoms with Gasteiger partial charge in [0.15, 0.2) is 0 Å². The van der Waals surface area contributed by atoms with Crippen LogP contribution in [0.25, 0.3) is 0 Å². The molecular formula is C15H21IN2O. The molecule has 104 valence electrons. The zero-order valence-corrected chi connectivity index (χ0v) is 13.5. The van der Waals surface area contributed by atoms with E-state index in [0.717, 1.165) is 28.0 Å². The summed E-state index contributed by atoms with van der Waals surface area (Å²) in [7, 11) is 2.18. The van der Waals surface area contributed by atoms with Crippen LogP contribution in [0.4, 0.5) is 0 Å². The average Bonchev–Trinajstić information content (AvgIpc) is 2.41. The Balaban J connectivity index is 1.70. The number of rotatable bonds is 4. The second-order valence-electron chi connectivity index (χ2n) is 5.30. The molecule has 0 atom stereocenters. The number of benzene rings is 1. The van der Waals surface area contributed by atoms with E-state index in [4.69, 9.17) is 0 Å². The highest BCUT2D eigenvalue weighted by Gasteiger charge is 2.16. The minimum absolute atomic E-state index is 0.0457. The Morgan fingerprint density at radius 1 is 1.32 bits per heavy atom. The second-order valence-corrected chi connectivity index (χ2v) is 6.54. The number of carbonyl (C=O) groups is 1. The number of amides is 1. The summed E-state index contributed by atoms with van der Waals surface area (Å²) in [6.07, 6.45) is 3.62. The van der Waals surface area contributed by atoms with Gasteiger partial charge in [0, 0.05) is 15.7 Å². The van der Waals surface area contributed by atoms with E-state index in [2.05, 4.69) is 39.9 Å². The molecule has 1 fully saturated rings. The molecular weight excluding hydrogens is 351 g/mol. The zero-order valence-electron chi connectivity index (χ0n) is 11.4. The number of hydrogen-bond donors (Lipinski definition) is 1. The second kappa shape index (κ2) is 7.24. The van der Waals surface area contributed by atoms with Crippen LogP contribution in [0.1, 0.15) is 29.6 Å². The lowest BCUT2D eigenvalue weighted by atomic mass is 9.94. The number of likely N-dealkylation sites (tertiary alicyclic amines) is 1. The summed E-state index contributed by atoms with van der Waals surface area (Å²) in [6.45, 7) is 3.17. The monoisotopic (exact) mass is 372 g/mol. The van der Waals surface area contributed by atoms with Crippen molar-refractivity contribution in [1.29, 1.82) is 0 Å². The summed E-state index contributed by atoms with van der Waals surface area (Å²) in [4.78, 5) is 14.3. The Bertz CT molecular complexity index is 411. The molecule has 1 N–H and O–H groups in total. The maximum atomic E-state index is 11.9. The number of nitrogens with zero attached hydrogens (tertiary/aromatic N) is 1. The van der Waals surface area contributed by atoms with Crippen LogP contribution in [0.15, 0.2) is 24.3 Å². The van der Waals surface area contributed by atoms with Crippen molar-refractivity contribution in [3.05, 3.63) is 33.4 Å². The molecule has 0 aliphatic carbocycles. The lowest BCUT2D eigenvalue weighted by molar-refractivity contribution is 0.0949. The Labute approximate surface area is 128 Å². The van der Waals surface area contributed by atoms with Crippen LogP contribution in [-0.4, -0.2) is 37.5 Å². The molecule has 4 heteroatoms. The van der Waals surface area contributed by atoms with E-state index < -0.39 is 0 Å². The van der Waals surface area contributed by atoms with Crippen LogP contribution in [-0.2, 0) is 0 Å². The molecule has 2 rings (SSSR count). The van der Waals surface area contributed by atoms with Gasteiger partial charge in [0.05, 0.1) is 0 Å². The fraction of sp³-hybridized carbons (Fsp3) is 0.533. The molecule has 0 saturated carbocycles. The highest BCUT2D eigenvalue weighted by Crippen LogP contribution is 2.18. The molecule has 1 aromatic rings. The quantitative estimate of drug-likeness (QED) is 0.825. The van der Waals surface area contributed by atoms with Crippen LogP contribution in [0, 0.1) is 9.49 Å². The van der Waals surface area contributed by atoms with E-state index in [9.17, 15) is 4.79 Å². The van der Waals surface area contributed by atoms with Crippen LogP contribution in [0.3, 0.4) is 0 Å². The van der Waals surface area contributed by atoms with Gasteiger partial charge in [0.25, 0.3) is 5.91 Å². The largest absolute Gasteiger partial charge is 0.352 e. The van der Waals surface area contributed by atoms with Crippen molar-refractivity contribution in [3.8, 4) is 0 Å². The topological polar surface area (TPSA) is 32.3 Å². The summed E-state index contributed by atoms with van der Waals surface area (Å²) in [5, 5.41) is 3.02. The summed E-state index contributed by atoms with van der Waals surface area (Å²) in [5.41, 5.74) is 0.754.